The maximum atomic E-state index is 13.6. The number of phenols is 1. The third-order valence-electron chi connectivity index (χ3n) is 4.07. The number of phenolic OH excluding ortho intramolecular Hbond substituents is 1. The van der Waals surface area contributed by atoms with Gasteiger partial charge in [-0.25, -0.2) is 4.39 Å². The van der Waals surface area contributed by atoms with Crippen LogP contribution in [0.1, 0.15) is 30.1 Å². The molecule has 1 aromatic rings. The van der Waals surface area contributed by atoms with Crippen molar-refractivity contribution < 1.29 is 14.3 Å². The molecule has 1 heterocycles. The van der Waals surface area contributed by atoms with Crippen LogP contribution in [-0.4, -0.2) is 42.6 Å². The molecule has 0 spiro atoms. The summed E-state index contributed by atoms with van der Waals surface area (Å²) in [4.78, 5) is 14.2. The number of aromatic hydroxyl groups is 1. The van der Waals surface area contributed by atoms with Crippen molar-refractivity contribution in [3.05, 3.63) is 29.6 Å². The number of amides is 1. The zero-order chi connectivity index (χ0) is 14.8. The molecule has 2 rings (SSSR count). The van der Waals surface area contributed by atoms with Crippen molar-refractivity contribution in [3.63, 3.8) is 0 Å². The van der Waals surface area contributed by atoms with Gasteiger partial charge in [0.2, 0.25) is 0 Å². The zero-order valence-electron chi connectivity index (χ0n) is 11.9. The first-order chi connectivity index (χ1) is 9.39. The Morgan fingerprint density at radius 2 is 2.10 bits per heavy atom. The molecule has 20 heavy (non-hydrogen) atoms. The number of carbonyl (C=O) groups is 1. The minimum absolute atomic E-state index is 0.0284. The molecular weight excluding hydrogens is 259 g/mol. The van der Waals surface area contributed by atoms with Crippen LogP contribution in [0, 0.1) is 11.2 Å². The minimum atomic E-state index is -0.698. The largest absolute Gasteiger partial charge is 0.508 e. The molecule has 1 aliphatic heterocycles. The van der Waals surface area contributed by atoms with Gasteiger partial charge < -0.3 is 15.3 Å². The van der Waals surface area contributed by atoms with E-state index in [0.717, 1.165) is 32.0 Å². The van der Waals surface area contributed by atoms with Gasteiger partial charge in [0.15, 0.2) is 0 Å². The van der Waals surface area contributed by atoms with E-state index in [2.05, 4.69) is 24.2 Å². The zero-order valence-corrected chi connectivity index (χ0v) is 11.9. The summed E-state index contributed by atoms with van der Waals surface area (Å²) in [5.41, 5.74) is 0.0366. The maximum Gasteiger partial charge on any atom is 0.254 e. The van der Waals surface area contributed by atoms with Gasteiger partial charge in [-0.15, -0.1) is 0 Å². The van der Waals surface area contributed by atoms with Crippen LogP contribution < -0.4 is 5.32 Å². The Kier molecular flexibility index (Phi) is 4.28. The van der Waals surface area contributed by atoms with Crippen molar-refractivity contribution >= 4 is 5.91 Å². The van der Waals surface area contributed by atoms with Gasteiger partial charge in [-0.3, -0.25) is 4.79 Å². The van der Waals surface area contributed by atoms with E-state index in [4.69, 9.17) is 5.11 Å². The normalized spacial score (nSPS) is 18.8. The summed E-state index contributed by atoms with van der Waals surface area (Å²) in [6.07, 6.45) is 2.03. The topological polar surface area (TPSA) is 52.6 Å². The standard InChI is InChI=1S/C15H21FN2O2/c1-15(5-7-18(2)8-6-15)10-17-14(20)12-4-3-11(19)9-13(12)16/h3-4,9,19H,5-8,10H2,1-2H3,(H,17,20). The number of nitrogens with zero attached hydrogens (tertiary/aromatic N) is 1. The molecule has 0 bridgehead atoms. The third-order valence-corrected chi connectivity index (χ3v) is 4.07. The molecular formula is C15H21FN2O2. The highest BCUT2D eigenvalue weighted by Crippen LogP contribution is 2.29. The Morgan fingerprint density at radius 3 is 2.70 bits per heavy atom. The maximum absolute atomic E-state index is 13.6. The summed E-state index contributed by atoms with van der Waals surface area (Å²) < 4.78 is 13.6. The predicted octanol–water partition coefficient (Wildman–Crippen LogP) is 1.99. The number of carbonyl (C=O) groups excluding carboxylic acids is 1. The van der Waals surface area contributed by atoms with Gasteiger partial charge in [0.05, 0.1) is 5.56 Å². The molecule has 0 atom stereocenters. The molecule has 0 aliphatic carbocycles. The van der Waals surface area contributed by atoms with E-state index >= 15 is 0 Å². The van der Waals surface area contributed by atoms with Gasteiger partial charge in [0.1, 0.15) is 11.6 Å². The molecule has 1 saturated heterocycles. The fraction of sp³-hybridized carbons (Fsp3) is 0.533. The fourth-order valence-electron chi connectivity index (χ4n) is 2.41. The first-order valence-corrected chi connectivity index (χ1v) is 6.85. The summed E-state index contributed by atoms with van der Waals surface area (Å²) in [6.45, 7) is 4.72. The molecule has 1 amide bonds. The summed E-state index contributed by atoms with van der Waals surface area (Å²) in [5.74, 6) is -1.31. The van der Waals surface area contributed by atoms with Gasteiger partial charge >= 0.3 is 0 Å². The Balaban J connectivity index is 1.95. The second-order valence-corrected chi connectivity index (χ2v) is 5.96. The number of rotatable bonds is 3. The fourth-order valence-corrected chi connectivity index (χ4v) is 2.41. The summed E-state index contributed by atoms with van der Waals surface area (Å²) >= 11 is 0. The first-order valence-electron chi connectivity index (χ1n) is 6.85. The molecule has 0 saturated carbocycles. The van der Waals surface area contributed by atoms with Gasteiger partial charge in [0, 0.05) is 12.6 Å². The van der Waals surface area contributed by atoms with Crippen LogP contribution in [0.2, 0.25) is 0 Å². The minimum Gasteiger partial charge on any atom is -0.508 e. The van der Waals surface area contributed by atoms with E-state index in [1.807, 2.05) is 0 Å². The van der Waals surface area contributed by atoms with Gasteiger partial charge in [0.25, 0.3) is 5.91 Å². The predicted molar refractivity (Wildman–Crippen MR) is 75.2 cm³/mol. The van der Waals surface area contributed by atoms with Crippen molar-refractivity contribution in [2.45, 2.75) is 19.8 Å². The molecule has 1 aromatic carbocycles. The second-order valence-electron chi connectivity index (χ2n) is 5.96. The highest BCUT2D eigenvalue weighted by Gasteiger charge is 2.29. The lowest BCUT2D eigenvalue weighted by molar-refractivity contribution is 0.0887. The number of likely N-dealkylation sites (tertiary alicyclic amines) is 1. The molecule has 0 unspecified atom stereocenters. The number of hydrogen-bond acceptors (Lipinski definition) is 3. The van der Waals surface area contributed by atoms with Crippen molar-refractivity contribution in [1.29, 1.82) is 0 Å². The summed E-state index contributed by atoms with van der Waals surface area (Å²) in [6, 6.07) is 3.57. The van der Waals surface area contributed by atoms with Gasteiger partial charge in [-0.1, -0.05) is 6.92 Å². The third kappa shape index (κ3) is 3.48. The monoisotopic (exact) mass is 280 g/mol. The number of piperidine rings is 1. The molecule has 5 heteroatoms. The number of nitrogens with one attached hydrogen (secondary N) is 1. The molecule has 110 valence electrons. The number of benzene rings is 1. The Labute approximate surface area is 118 Å². The summed E-state index contributed by atoms with van der Waals surface area (Å²) in [5, 5.41) is 11.9. The molecule has 0 radical (unpaired) electrons. The molecule has 0 aromatic heterocycles. The van der Waals surface area contributed by atoms with E-state index in [-0.39, 0.29) is 16.7 Å². The van der Waals surface area contributed by atoms with E-state index in [9.17, 15) is 9.18 Å². The van der Waals surface area contributed by atoms with Crippen LogP contribution in [0.4, 0.5) is 4.39 Å². The van der Waals surface area contributed by atoms with Crippen LogP contribution in [-0.2, 0) is 0 Å². The van der Waals surface area contributed by atoms with E-state index < -0.39 is 11.7 Å². The highest BCUT2D eigenvalue weighted by atomic mass is 19.1. The highest BCUT2D eigenvalue weighted by molar-refractivity contribution is 5.94. The molecule has 1 fully saturated rings. The van der Waals surface area contributed by atoms with Crippen molar-refractivity contribution in [3.8, 4) is 5.75 Å². The SMILES string of the molecule is CN1CCC(C)(CNC(=O)c2ccc(O)cc2F)CC1. The van der Waals surface area contributed by atoms with Crippen LogP contribution >= 0.6 is 0 Å². The lowest BCUT2D eigenvalue weighted by atomic mass is 9.80. The Morgan fingerprint density at radius 1 is 1.45 bits per heavy atom. The summed E-state index contributed by atoms with van der Waals surface area (Å²) in [7, 11) is 2.09. The smallest absolute Gasteiger partial charge is 0.254 e. The van der Waals surface area contributed by atoms with E-state index in [0.29, 0.717) is 6.54 Å². The lowest BCUT2D eigenvalue weighted by Crippen LogP contribution is -2.43. The average molecular weight is 280 g/mol. The van der Waals surface area contributed by atoms with Crippen LogP contribution in [0.25, 0.3) is 0 Å². The Bertz CT molecular complexity index is 497. The first kappa shape index (κ1) is 14.8. The van der Waals surface area contributed by atoms with Crippen LogP contribution in [0.15, 0.2) is 18.2 Å². The lowest BCUT2D eigenvalue weighted by Gasteiger charge is -2.37. The van der Waals surface area contributed by atoms with E-state index in [1.54, 1.807) is 0 Å². The molecule has 1 aliphatic rings. The second kappa shape index (κ2) is 5.79. The van der Waals surface area contributed by atoms with E-state index in [1.165, 1.54) is 12.1 Å². The van der Waals surface area contributed by atoms with Crippen molar-refractivity contribution in [2.24, 2.45) is 5.41 Å². The average Bonchev–Trinajstić information content (AvgIpc) is 2.40. The molecule has 2 N–H and O–H groups in total. The van der Waals surface area contributed by atoms with Gasteiger partial charge in [-0.2, -0.15) is 0 Å². The van der Waals surface area contributed by atoms with Crippen LogP contribution in [0.3, 0.4) is 0 Å². The van der Waals surface area contributed by atoms with Crippen LogP contribution in [0.5, 0.6) is 5.75 Å². The quantitative estimate of drug-likeness (QED) is 0.890. The Hall–Kier alpha value is -1.62. The number of halogens is 1. The number of hydrogen-bond donors (Lipinski definition) is 2. The van der Waals surface area contributed by atoms with Gasteiger partial charge in [-0.05, 0) is 50.5 Å². The molecule has 4 nitrogen and oxygen atoms in total. The van der Waals surface area contributed by atoms with Crippen molar-refractivity contribution in [2.75, 3.05) is 26.7 Å². The van der Waals surface area contributed by atoms with Crippen molar-refractivity contribution in [1.82, 2.24) is 10.2 Å².